The molecule has 4 amide bonds. The van der Waals surface area contributed by atoms with E-state index in [2.05, 4.69) is 25.3 Å². The minimum atomic E-state index is -1.17. The first-order chi connectivity index (χ1) is 27.5. The summed E-state index contributed by atoms with van der Waals surface area (Å²) in [5.41, 5.74) is 4.78. The number of H-pyrrole nitrogens is 2. The van der Waals surface area contributed by atoms with Crippen LogP contribution in [-0.2, 0) is 14.3 Å². The van der Waals surface area contributed by atoms with Gasteiger partial charge in [0.05, 0.1) is 18.5 Å². The Morgan fingerprint density at radius 2 is 1.17 bits per heavy atom. The molecule has 0 bridgehead atoms. The fraction of sp³-hybridized carbons (Fsp3) is 0.450. The number of hydrogen-bond acceptors (Lipinski definition) is 9. The normalized spacial score (nSPS) is 18.6. The number of hydrazine groups is 2. The number of alkyl carbamates (subject to hydrolysis) is 1. The van der Waals surface area contributed by atoms with Gasteiger partial charge >= 0.3 is 12.2 Å². The van der Waals surface area contributed by atoms with Crippen molar-refractivity contribution in [2.75, 3.05) is 41.3 Å². The van der Waals surface area contributed by atoms with Gasteiger partial charge in [-0.3, -0.25) is 24.5 Å². The van der Waals surface area contributed by atoms with Crippen LogP contribution < -0.4 is 5.32 Å². The maximum absolute atomic E-state index is 13.8. The molecule has 4 heterocycles. The first-order valence-electron chi connectivity index (χ1n) is 19.1. The molecule has 6 rings (SSSR count). The van der Waals surface area contributed by atoms with Crippen molar-refractivity contribution in [3.05, 3.63) is 70.5 Å². The van der Waals surface area contributed by atoms with Crippen LogP contribution in [0.2, 0.25) is 10.3 Å². The third kappa shape index (κ3) is 8.37. The van der Waals surface area contributed by atoms with Crippen molar-refractivity contribution < 1.29 is 29.0 Å². The molecule has 0 unspecified atom stereocenters. The van der Waals surface area contributed by atoms with E-state index in [0.717, 1.165) is 27.2 Å². The van der Waals surface area contributed by atoms with Crippen molar-refractivity contribution in [3.63, 3.8) is 0 Å². The van der Waals surface area contributed by atoms with Crippen LogP contribution in [-0.4, -0.2) is 127 Å². The number of likely N-dealkylation sites (N-methyl/N-ethyl adjacent to an activating group) is 1. The Labute approximate surface area is 347 Å². The van der Waals surface area contributed by atoms with Crippen LogP contribution in [0.3, 0.4) is 0 Å². The van der Waals surface area contributed by atoms with Crippen LogP contribution in [0.15, 0.2) is 48.5 Å². The number of ether oxygens (including phenoxy) is 1. The molecule has 58 heavy (non-hydrogen) atoms. The van der Waals surface area contributed by atoms with Crippen molar-refractivity contribution in [2.24, 2.45) is 11.8 Å². The number of benzene rings is 2. The molecule has 4 aromatic rings. The molecule has 4 N–H and O–H groups in total. The van der Waals surface area contributed by atoms with Crippen LogP contribution in [0, 0.1) is 11.8 Å². The zero-order valence-electron chi connectivity index (χ0n) is 33.8. The summed E-state index contributed by atoms with van der Waals surface area (Å²) < 4.78 is 4.76. The second-order valence-electron chi connectivity index (χ2n) is 15.4. The SMILES string of the molecule is COC(=O)N[C@H](C(=O)N1[C@H](c2nc(Cl)c(-c3ccc(-c4ccc(-c5[nH]c([C@@H]6CCN(C)N6C(=O)[C@H](C(C)C)N(C)C(=O)O)nc5Cl)cc4)cc3)[nH]2)CCN1C)C(C)C. The van der Waals surface area contributed by atoms with Gasteiger partial charge in [0.25, 0.3) is 11.8 Å². The number of methoxy groups -OCH3 is 1. The van der Waals surface area contributed by atoms with Crippen LogP contribution >= 0.6 is 23.2 Å². The standard InChI is InChI=1S/C40H50Cl2N10O6/c1-21(2)29(45-39(55)58-8)37(53)51-27(17-19-48(51)5)35-43-30(33(41)46-35)25-13-9-23(10-14-25)24-11-15-26(16-12-24)31-34(42)47-36(44-31)28-18-20-49(6)52(28)38(54)32(22(3)4)50(7)40(56)57/h9-16,21-22,27-29,32H,17-20H2,1-8H3,(H,43,46)(H,44,47)(H,45,55)(H,56,57)/t27-,28-,29-,32-/m0/s1. The molecule has 18 heteroatoms. The van der Waals surface area contributed by atoms with Gasteiger partial charge in [-0.05, 0) is 35.8 Å². The van der Waals surface area contributed by atoms with E-state index in [9.17, 15) is 24.3 Å². The summed E-state index contributed by atoms with van der Waals surface area (Å²) in [5, 5.41) is 19.7. The maximum atomic E-state index is 13.8. The summed E-state index contributed by atoms with van der Waals surface area (Å²) in [4.78, 5) is 68.4. The minimum Gasteiger partial charge on any atom is -0.465 e. The predicted octanol–water partition coefficient (Wildman–Crippen LogP) is 6.70. The highest BCUT2D eigenvalue weighted by Crippen LogP contribution is 2.38. The highest BCUT2D eigenvalue weighted by atomic mass is 35.5. The van der Waals surface area contributed by atoms with E-state index in [-0.39, 0.29) is 34.0 Å². The number of aromatic amines is 2. The van der Waals surface area contributed by atoms with Crippen molar-refractivity contribution in [1.82, 2.24) is 50.2 Å². The van der Waals surface area contributed by atoms with Crippen molar-refractivity contribution in [2.45, 2.75) is 64.7 Å². The molecule has 16 nitrogen and oxygen atoms in total. The van der Waals surface area contributed by atoms with Gasteiger partial charge in [0.15, 0.2) is 10.3 Å². The number of imidazole rings is 2. The number of carbonyl (C=O) groups excluding carboxylic acids is 3. The number of carbonyl (C=O) groups is 4. The molecular formula is C40H50Cl2N10O6. The van der Waals surface area contributed by atoms with Gasteiger partial charge in [-0.15, -0.1) is 0 Å². The monoisotopic (exact) mass is 836 g/mol. The molecule has 0 spiro atoms. The molecule has 0 saturated carbocycles. The van der Waals surface area contributed by atoms with E-state index in [4.69, 9.17) is 27.9 Å². The smallest absolute Gasteiger partial charge is 0.407 e. The van der Waals surface area contributed by atoms with E-state index in [0.29, 0.717) is 49.0 Å². The highest BCUT2D eigenvalue weighted by molar-refractivity contribution is 6.32. The van der Waals surface area contributed by atoms with Crippen molar-refractivity contribution >= 4 is 47.2 Å². The highest BCUT2D eigenvalue weighted by Gasteiger charge is 2.43. The van der Waals surface area contributed by atoms with E-state index in [1.165, 1.54) is 14.2 Å². The number of rotatable bonds is 11. The number of aromatic nitrogens is 4. The lowest BCUT2D eigenvalue weighted by molar-refractivity contribution is -0.152. The first-order valence-corrected chi connectivity index (χ1v) is 19.9. The molecule has 4 atom stereocenters. The fourth-order valence-corrected chi connectivity index (χ4v) is 8.29. The molecular weight excluding hydrogens is 787 g/mol. The Kier molecular flexibility index (Phi) is 12.7. The van der Waals surface area contributed by atoms with Gasteiger partial charge in [-0.25, -0.2) is 29.6 Å². The zero-order chi connectivity index (χ0) is 42.2. The van der Waals surface area contributed by atoms with E-state index in [1.54, 1.807) is 22.1 Å². The van der Waals surface area contributed by atoms with Gasteiger partial charge in [0.2, 0.25) is 0 Å². The Bertz CT molecular complexity index is 2140. The third-order valence-electron chi connectivity index (χ3n) is 10.9. The predicted molar refractivity (Wildman–Crippen MR) is 219 cm³/mol. The van der Waals surface area contributed by atoms with E-state index >= 15 is 0 Å². The van der Waals surface area contributed by atoms with Crippen LogP contribution in [0.1, 0.15) is 64.3 Å². The number of nitrogens with zero attached hydrogens (tertiary/aromatic N) is 7. The lowest BCUT2D eigenvalue weighted by Gasteiger charge is -2.36. The van der Waals surface area contributed by atoms with Crippen LogP contribution in [0.25, 0.3) is 33.6 Å². The third-order valence-corrected chi connectivity index (χ3v) is 11.4. The van der Waals surface area contributed by atoms with E-state index in [1.807, 2.05) is 88.3 Å². The molecule has 2 saturated heterocycles. The summed E-state index contributed by atoms with van der Waals surface area (Å²) in [6, 6.07) is 13.2. The number of amides is 4. The van der Waals surface area contributed by atoms with Gasteiger partial charge < -0.3 is 25.1 Å². The summed E-state index contributed by atoms with van der Waals surface area (Å²) >= 11 is 13.4. The van der Waals surface area contributed by atoms with Gasteiger partial charge in [-0.2, -0.15) is 0 Å². The van der Waals surface area contributed by atoms with Gasteiger partial charge in [0, 0.05) is 45.4 Å². The van der Waals surface area contributed by atoms with Gasteiger partial charge in [0.1, 0.15) is 35.8 Å². The lowest BCUT2D eigenvalue weighted by atomic mass is 10.0. The Hall–Kier alpha value is -5.16. The molecule has 0 aliphatic carbocycles. The Morgan fingerprint density at radius 1 is 0.759 bits per heavy atom. The zero-order valence-corrected chi connectivity index (χ0v) is 35.3. The lowest BCUT2D eigenvalue weighted by Crippen LogP contribution is -2.54. The second kappa shape index (κ2) is 17.4. The Morgan fingerprint density at radius 3 is 1.55 bits per heavy atom. The molecule has 2 aromatic heterocycles. The largest absolute Gasteiger partial charge is 0.465 e. The summed E-state index contributed by atoms with van der Waals surface area (Å²) in [6.07, 6.45) is -0.632. The molecule has 310 valence electrons. The average Bonchev–Trinajstić information content (AvgIpc) is 3.98. The minimum absolute atomic E-state index is 0.184. The number of halogens is 2. The topological polar surface area (TPSA) is 183 Å². The average molecular weight is 838 g/mol. The van der Waals surface area contributed by atoms with Gasteiger partial charge in [-0.1, -0.05) is 99.4 Å². The summed E-state index contributed by atoms with van der Waals surface area (Å²) in [6.45, 7) is 8.56. The van der Waals surface area contributed by atoms with Crippen LogP contribution in [0.5, 0.6) is 0 Å². The molecule has 0 radical (unpaired) electrons. The van der Waals surface area contributed by atoms with E-state index < -0.39 is 36.4 Å². The van der Waals surface area contributed by atoms with Crippen molar-refractivity contribution in [3.8, 4) is 33.6 Å². The Balaban J connectivity index is 1.17. The summed E-state index contributed by atoms with van der Waals surface area (Å²) in [5.74, 6) is 0.0405. The number of nitrogens with one attached hydrogen (secondary N) is 3. The van der Waals surface area contributed by atoms with Crippen molar-refractivity contribution in [1.29, 1.82) is 0 Å². The summed E-state index contributed by atoms with van der Waals surface area (Å²) in [7, 11) is 6.30. The van der Waals surface area contributed by atoms with Crippen LogP contribution in [0.4, 0.5) is 9.59 Å². The number of carboxylic acid groups (broad SMARTS) is 1. The molecule has 2 aromatic carbocycles. The first kappa shape index (κ1) is 42.4. The fourth-order valence-electron chi connectivity index (χ4n) is 7.79. The number of hydrogen-bond donors (Lipinski definition) is 4. The quantitative estimate of drug-likeness (QED) is 0.127. The molecule has 2 aliphatic rings. The molecule has 2 aliphatic heterocycles. The second-order valence-corrected chi connectivity index (χ2v) is 16.1. The molecule has 2 fully saturated rings. The maximum Gasteiger partial charge on any atom is 0.407 e.